The number of hydrogen-bond acceptors (Lipinski definition) is 10. The Hall–Kier alpha value is -16.8. The fraction of sp³-hybridized carbons (Fsp3) is 0. The number of fused-ring (bicyclic) bond motifs is 28. The molecule has 12 nitrogen and oxygen atoms in total. The zero-order chi connectivity index (χ0) is 83.8. The van der Waals surface area contributed by atoms with Crippen LogP contribution in [0.2, 0.25) is 0 Å². The van der Waals surface area contributed by atoms with Crippen molar-refractivity contribution in [3.63, 3.8) is 0 Å². The minimum atomic E-state index is 0.543. The zero-order valence-electron chi connectivity index (χ0n) is 68.2. The van der Waals surface area contributed by atoms with Crippen LogP contribution in [-0.2, 0) is 0 Å². The number of thiophene rings is 2. The van der Waals surface area contributed by atoms with E-state index in [1.165, 1.54) is 61.9 Å². The van der Waals surface area contributed by atoms with E-state index in [0.29, 0.717) is 34.9 Å². The molecule has 28 rings (SSSR count). The normalized spacial score (nSPS) is 12.1. The predicted molar refractivity (Wildman–Crippen MR) is 530 cm³/mol. The molecule has 0 radical (unpaired) electrons. The molecule has 28 aromatic rings. The lowest BCUT2D eigenvalue weighted by Crippen LogP contribution is -2.05. The van der Waals surface area contributed by atoms with Gasteiger partial charge in [-0.1, -0.05) is 291 Å². The number of para-hydroxylation sites is 6. The minimum absolute atomic E-state index is 0.543. The molecule has 0 bridgehead atoms. The molecule has 0 N–H and O–H groups in total. The molecule has 128 heavy (non-hydrogen) atoms. The first-order chi connectivity index (χ1) is 63.5. The van der Waals surface area contributed by atoms with Gasteiger partial charge in [0.1, 0.15) is 11.2 Å². The van der Waals surface area contributed by atoms with Crippen molar-refractivity contribution in [1.29, 1.82) is 0 Å². The van der Waals surface area contributed by atoms with Gasteiger partial charge in [-0.05, 0) is 109 Å². The van der Waals surface area contributed by atoms with E-state index in [1.54, 1.807) is 0 Å². The second-order valence-corrected chi connectivity index (χ2v) is 34.7. The third-order valence-corrected chi connectivity index (χ3v) is 28.0. The number of hydrogen-bond donors (Lipinski definition) is 0. The molecule has 0 aliphatic rings. The quantitative estimate of drug-likeness (QED) is 0.133. The highest BCUT2D eigenvalue weighted by Gasteiger charge is 2.29. The zero-order valence-corrected chi connectivity index (χ0v) is 69.8. The van der Waals surface area contributed by atoms with Crippen molar-refractivity contribution < 1.29 is 8.83 Å². The van der Waals surface area contributed by atoms with Gasteiger partial charge in [0.15, 0.2) is 46.1 Å². The molecule has 18 aromatic carbocycles. The van der Waals surface area contributed by atoms with Crippen molar-refractivity contribution in [3.05, 3.63) is 400 Å². The fourth-order valence-corrected chi connectivity index (χ4v) is 22.4. The molecule has 0 unspecified atom stereocenters. The van der Waals surface area contributed by atoms with E-state index < -0.39 is 0 Å². The molecule has 596 valence electrons. The first-order valence-corrected chi connectivity index (χ1v) is 44.5. The molecular weight excluding hydrogens is 1610 g/mol. The highest BCUT2D eigenvalue weighted by Crippen LogP contribution is 2.50. The van der Waals surface area contributed by atoms with E-state index in [2.05, 4.69) is 297 Å². The summed E-state index contributed by atoms with van der Waals surface area (Å²) in [6, 6.07) is 141. The second kappa shape index (κ2) is 28.4. The maximum Gasteiger partial charge on any atom is 0.166 e. The van der Waals surface area contributed by atoms with Crippen LogP contribution in [-0.4, -0.2) is 48.2 Å². The van der Waals surface area contributed by atoms with Crippen molar-refractivity contribution in [3.8, 4) is 91.1 Å². The van der Waals surface area contributed by atoms with Gasteiger partial charge in [0.05, 0.1) is 55.5 Å². The number of aromatic nitrogens is 10. The summed E-state index contributed by atoms with van der Waals surface area (Å²) >= 11 is 3.75. The smallest absolute Gasteiger partial charge is 0.166 e. The van der Waals surface area contributed by atoms with Gasteiger partial charge in [-0.2, -0.15) is 0 Å². The maximum absolute atomic E-state index is 6.83. The van der Waals surface area contributed by atoms with Gasteiger partial charge in [-0.15, -0.1) is 22.7 Å². The number of nitrogens with zero attached hydrogens (tertiary/aromatic N) is 10. The van der Waals surface area contributed by atoms with E-state index in [4.69, 9.17) is 38.7 Å². The lowest BCUT2D eigenvalue weighted by Gasteiger charge is -2.17. The summed E-state index contributed by atoms with van der Waals surface area (Å²) in [5, 5.41) is 18.9. The van der Waals surface area contributed by atoms with Crippen LogP contribution >= 0.6 is 22.7 Å². The topological polar surface area (TPSA) is 123 Å². The van der Waals surface area contributed by atoms with Gasteiger partial charge in [0, 0.05) is 150 Å². The van der Waals surface area contributed by atoms with Gasteiger partial charge in [-0.25, -0.2) is 29.9 Å². The van der Waals surface area contributed by atoms with Gasteiger partial charge in [0.2, 0.25) is 0 Å². The molecule has 0 amide bonds. The van der Waals surface area contributed by atoms with Crippen LogP contribution in [0.1, 0.15) is 0 Å². The molecular formula is C114H66N10O2S2. The average Bonchev–Trinajstić information content (AvgIpc) is 1.54. The van der Waals surface area contributed by atoms with Gasteiger partial charge in [-0.3, -0.25) is 0 Å². The summed E-state index contributed by atoms with van der Waals surface area (Å²) in [7, 11) is 0. The first-order valence-electron chi connectivity index (χ1n) is 42.9. The summed E-state index contributed by atoms with van der Waals surface area (Å²) in [5.41, 5.74) is 21.3. The van der Waals surface area contributed by atoms with Gasteiger partial charge >= 0.3 is 0 Å². The van der Waals surface area contributed by atoms with Crippen molar-refractivity contribution >= 4 is 194 Å². The molecule has 0 fully saturated rings. The molecule has 0 atom stereocenters. The number of benzene rings is 18. The summed E-state index contributed by atoms with van der Waals surface area (Å²) in [5.74, 6) is 3.57. The average molecular weight is 1670 g/mol. The molecule has 0 aliphatic carbocycles. The van der Waals surface area contributed by atoms with Crippen LogP contribution in [0.4, 0.5) is 0 Å². The molecule has 10 heterocycles. The van der Waals surface area contributed by atoms with Crippen molar-refractivity contribution in [2.45, 2.75) is 0 Å². The molecule has 10 aromatic heterocycles. The van der Waals surface area contributed by atoms with E-state index in [-0.39, 0.29) is 0 Å². The van der Waals surface area contributed by atoms with Gasteiger partial charge in [0.25, 0.3) is 0 Å². The van der Waals surface area contributed by atoms with Crippen LogP contribution in [0, 0.1) is 0 Å². The largest absolute Gasteiger partial charge is 0.454 e. The molecule has 0 saturated carbocycles. The van der Waals surface area contributed by atoms with Crippen LogP contribution in [0.15, 0.2) is 409 Å². The van der Waals surface area contributed by atoms with Gasteiger partial charge < -0.3 is 27.1 Å². The van der Waals surface area contributed by atoms with Crippen LogP contribution in [0.3, 0.4) is 0 Å². The molecule has 0 spiro atoms. The Kier molecular flexibility index (Phi) is 15.9. The Morgan fingerprint density at radius 1 is 0.203 bits per heavy atom. The summed E-state index contributed by atoms with van der Waals surface area (Å²) in [6.45, 7) is 0. The third kappa shape index (κ3) is 11.0. The standard InChI is InChI=1S/C57H33N5O2.C57H33N5S2/c1-3-15-34(16-4-1)55-58-56(35-17-5-2-6-18-35)60-57(59-55)45-33-36(61-46-23-11-7-19-37(46)41-28-30-43-39-21-9-13-25-49(39)63-53(43)51(41)61)27-32-48(45)62-47-24-12-8-20-38(47)42-29-31-44-40-22-10-14-26-50(40)64-54(44)52(42)62;1-3-15-34(16-4-1)55-58-56(35-17-5-2-6-18-35)60-57(59-55)43-33-36(61-44-23-11-7-21-41(44)51-47(61)31-28-39-37-19-9-13-25-49(37)63-53(39)51)27-30-46(43)62-45-24-12-8-22-42(45)52-48(62)32-29-40-38-20-10-14-26-50(38)64-54(40)52/h2*1-33H. The van der Waals surface area contributed by atoms with E-state index in [1.807, 2.05) is 144 Å². The highest BCUT2D eigenvalue weighted by molar-refractivity contribution is 7.27. The summed E-state index contributed by atoms with van der Waals surface area (Å²) < 4.78 is 28.3. The molecule has 14 heteroatoms. The van der Waals surface area contributed by atoms with E-state index >= 15 is 0 Å². The van der Waals surface area contributed by atoms with Crippen molar-refractivity contribution in [2.75, 3.05) is 0 Å². The van der Waals surface area contributed by atoms with Crippen LogP contribution in [0.5, 0.6) is 0 Å². The summed E-state index contributed by atoms with van der Waals surface area (Å²) in [6.07, 6.45) is 0. The molecule has 0 aliphatic heterocycles. The van der Waals surface area contributed by atoms with E-state index in [0.717, 1.165) is 166 Å². The van der Waals surface area contributed by atoms with Crippen LogP contribution < -0.4 is 0 Å². The lowest BCUT2D eigenvalue weighted by molar-refractivity contribution is 0.670. The minimum Gasteiger partial charge on any atom is -0.454 e. The predicted octanol–water partition coefficient (Wildman–Crippen LogP) is 30.7. The fourth-order valence-electron chi connectivity index (χ4n) is 19.9. The first kappa shape index (κ1) is 71.8. The Balaban J connectivity index is 0.000000132. The summed E-state index contributed by atoms with van der Waals surface area (Å²) in [4.78, 5) is 31.7. The van der Waals surface area contributed by atoms with Crippen LogP contribution in [0.25, 0.3) is 263 Å². The number of furan rings is 2. The highest BCUT2D eigenvalue weighted by atomic mass is 32.1. The third-order valence-electron chi connectivity index (χ3n) is 25.6. The second-order valence-electron chi connectivity index (χ2n) is 32.6. The Bertz CT molecular complexity index is 9370. The Morgan fingerprint density at radius 3 is 0.961 bits per heavy atom. The van der Waals surface area contributed by atoms with Crippen molar-refractivity contribution in [1.82, 2.24) is 48.2 Å². The number of rotatable bonds is 10. The maximum atomic E-state index is 6.83. The lowest BCUT2D eigenvalue weighted by atomic mass is 10.1. The Morgan fingerprint density at radius 2 is 0.516 bits per heavy atom. The monoisotopic (exact) mass is 1670 g/mol. The van der Waals surface area contributed by atoms with Crippen molar-refractivity contribution in [2.24, 2.45) is 0 Å². The Labute approximate surface area is 737 Å². The molecule has 0 saturated heterocycles. The van der Waals surface area contributed by atoms with E-state index in [9.17, 15) is 0 Å². The SMILES string of the molecule is c1ccc(-c2nc(-c3ccccc3)nc(-c3cc(-n4c5ccccc5c5c6sc7ccccc7c6ccc54)ccc3-n3c4ccccc4c4c5sc6ccccc6c5ccc43)n2)cc1.c1ccc(-c2nc(-c3ccccc3)nc(-c3cc(-n4c5ccccc5c5ccc6c7ccccc7oc6c54)ccc3-n3c4ccccc4c4ccc5c6ccccc6oc5c43)n2)cc1.